The summed E-state index contributed by atoms with van der Waals surface area (Å²) in [4.78, 5) is 21.7. The van der Waals surface area contributed by atoms with Crippen LogP contribution in [0, 0.1) is 5.41 Å². The topological polar surface area (TPSA) is 104 Å². The normalized spacial score (nSPS) is 17.6. The van der Waals surface area contributed by atoms with Crippen LogP contribution in [-0.4, -0.2) is 33.4 Å². The van der Waals surface area contributed by atoms with Gasteiger partial charge in [-0.25, -0.2) is 0 Å². The van der Waals surface area contributed by atoms with Gasteiger partial charge >= 0.3 is 5.97 Å². The lowest BCUT2D eigenvalue weighted by Gasteiger charge is -2.13. The Hall–Kier alpha value is -2.24. The van der Waals surface area contributed by atoms with E-state index in [4.69, 9.17) is 4.74 Å². The number of unbranched alkanes of at least 4 members (excludes halogenated alkanes) is 6. The number of phenols is 2. The molecular formula is C26H38O6. The number of aryl methyl sites for hydroxylation is 1. The molecule has 2 aliphatic rings. The lowest BCUT2D eigenvalue weighted by Crippen LogP contribution is -2.14. The Morgan fingerprint density at radius 3 is 2.09 bits per heavy atom. The molecule has 6 nitrogen and oxygen atoms in total. The van der Waals surface area contributed by atoms with Gasteiger partial charge in [0.1, 0.15) is 17.1 Å². The van der Waals surface area contributed by atoms with Crippen molar-refractivity contribution in [2.75, 3.05) is 0 Å². The number of carboxylic acid groups (broad SMARTS) is 1. The molecule has 0 radical (unpaired) electrons. The van der Waals surface area contributed by atoms with E-state index in [0.717, 1.165) is 102 Å². The van der Waals surface area contributed by atoms with E-state index in [1.807, 2.05) is 0 Å². The Balaban J connectivity index is 1.32. The van der Waals surface area contributed by atoms with Crippen molar-refractivity contribution in [1.29, 1.82) is 0 Å². The van der Waals surface area contributed by atoms with E-state index in [9.17, 15) is 24.9 Å². The van der Waals surface area contributed by atoms with Crippen LogP contribution in [0.3, 0.4) is 0 Å². The van der Waals surface area contributed by atoms with E-state index in [1.54, 1.807) is 12.1 Å². The van der Waals surface area contributed by atoms with Gasteiger partial charge in [0, 0.05) is 5.56 Å². The average Bonchev–Trinajstić information content (AvgIpc) is 3.68. The van der Waals surface area contributed by atoms with Crippen molar-refractivity contribution in [1.82, 2.24) is 0 Å². The minimum atomic E-state index is -0.641. The molecule has 0 aliphatic heterocycles. The third-order valence-corrected chi connectivity index (χ3v) is 7.42. The number of carbonyl (C=O) groups excluding carboxylic acids is 1. The summed E-state index contributed by atoms with van der Waals surface area (Å²) in [5.74, 6) is -0.257. The lowest BCUT2D eigenvalue weighted by molar-refractivity contribution is -0.143. The van der Waals surface area contributed by atoms with E-state index in [-0.39, 0.29) is 17.1 Å². The standard InChI is InChI=1S/C26H38O6/c27-19-32-26(17-18-26)14-8-4-2-6-10-21-22(28)12-11-20(23(21)29)9-5-1-3-7-13-25(15-16-25)24(30)31/h11-12,19,28-29H,1-10,13-18H2,(H,30,31). The van der Waals surface area contributed by atoms with E-state index < -0.39 is 11.4 Å². The van der Waals surface area contributed by atoms with Crippen molar-refractivity contribution in [2.24, 2.45) is 5.41 Å². The highest BCUT2D eigenvalue weighted by Crippen LogP contribution is 2.50. The van der Waals surface area contributed by atoms with Gasteiger partial charge in [-0.2, -0.15) is 0 Å². The maximum atomic E-state index is 11.2. The molecule has 0 bridgehead atoms. The summed E-state index contributed by atoms with van der Waals surface area (Å²) in [5, 5.41) is 30.1. The number of hydrogen-bond donors (Lipinski definition) is 3. The van der Waals surface area contributed by atoms with Crippen LogP contribution >= 0.6 is 0 Å². The molecule has 32 heavy (non-hydrogen) atoms. The maximum Gasteiger partial charge on any atom is 0.309 e. The first-order chi connectivity index (χ1) is 15.4. The summed E-state index contributed by atoms with van der Waals surface area (Å²) < 4.78 is 5.17. The quantitative estimate of drug-likeness (QED) is 0.211. The number of benzene rings is 1. The van der Waals surface area contributed by atoms with Crippen LogP contribution in [-0.2, 0) is 27.2 Å². The number of hydrogen-bond acceptors (Lipinski definition) is 5. The van der Waals surface area contributed by atoms with Crippen LogP contribution in [0.5, 0.6) is 11.5 Å². The molecule has 0 amide bonds. The lowest BCUT2D eigenvalue weighted by atomic mass is 9.96. The summed E-state index contributed by atoms with van der Waals surface area (Å²) in [6, 6.07) is 3.49. The molecule has 3 N–H and O–H groups in total. The van der Waals surface area contributed by atoms with Crippen molar-refractivity contribution in [3.8, 4) is 11.5 Å². The van der Waals surface area contributed by atoms with E-state index in [1.165, 1.54) is 0 Å². The molecule has 2 aliphatic carbocycles. The highest BCUT2D eigenvalue weighted by atomic mass is 16.5. The second kappa shape index (κ2) is 11.1. The predicted molar refractivity (Wildman–Crippen MR) is 122 cm³/mol. The molecule has 0 aromatic heterocycles. The van der Waals surface area contributed by atoms with E-state index >= 15 is 0 Å². The molecule has 0 spiro atoms. The molecule has 0 atom stereocenters. The predicted octanol–water partition coefficient (Wildman–Crippen LogP) is 5.65. The number of ether oxygens (including phenoxy) is 1. The second-order valence-electron chi connectivity index (χ2n) is 9.88. The van der Waals surface area contributed by atoms with Gasteiger partial charge in [0.25, 0.3) is 6.47 Å². The maximum absolute atomic E-state index is 11.2. The number of carboxylic acids is 1. The molecule has 1 aromatic rings. The number of phenolic OH excluding ortho intramolecular Hbond substituents is 2. The molecule has 6 heteroatoms. The first-order valence-electron chi connectivity index (χ1n) is 12.3. The minimum absolute atomic E-state index is 0.158. The Bertz CT molecular complexity index is 779. The first-order valence-corrected chi connectivity index (χ1v) is 12.3. The summed E-state index contributed by atoms with van der Waals surface area (Å²) in [7, 11) is 0. The van der Waals surface area contributed by atoms with Gasteiger partial charge in [0.2, 0.25) is 0 Å². The van der Waals surface area contributed by atoms with Gasteiger partial charge in [-0.3, -0.25) is 9.59 Å². The van der Waals surface area contributed by atoms with Crippen molar-refractivity contribution in [2.45, 2.75) is 108 Å². The van der Waals surface area contributed by atoms with E-state index in [0.29, 0.717) is 18.5 Å². The van der Waals surface area contributed by atoms with Crippen LogP contribution < -0.4 is 0 Å². The SMILES string of the molecule is O=COC1(CCCCCCc2c(O)ccc(CCCCCCC3(C(=O)O)CC3)c2O)CC1. The van der Waals surface area contributed by atoms with Crippen molar-refractivity contribution >= 4 is 12.4 Å². The smallest absolute Gasteiger partial charge is 0.309 e. The second-order valence-corrected chi connectivity index (χ2v) is 9.88. The fraction of sp³-hybridized carbons (Fsp3) is 0.692. The summed E-state index contributed by atoms with van der Waals surface area (Å²) in [5.41, 5.74) is 0.917. The fourth-order valence-electron chi connectivity index (χ4n) is 4.75. The first kappa shape index (κ1) is 24.4. The molecule has 0 saturated heterocycles. The van der Waals surface area contributed by atoms with Crippen LogP contribution in [0.4, 0.5) is 0 Å². The third-order valence-electron chi connectivity index (χ3n) is 7.42. The van der Waals surface area contributed by atoms with Gasteiger partial charge in [0.15, 0.2) is 0 Å². The van der Waals surface area contributed by atoms with Gasteiger partial charge in [-0.15, -0.1) is 0 Å². The largest absolute Gasteiger partial charge is 0.508 e. The summed E-state index contributed by atoms with van der Waals surface area (Å²) in [6.45, 7) is 0.564. The van der Waals surface area contributed by atoms with Crippen LogP contribution in [0.25, 0.3) is 0 Å². The Kier molecular flexibility index (Phi) is 8.44. The van der Waals surface area contributed by atoms with Crippen LogP contribution in [0.1, 0.15) is 101 Å². The molecule has 178 valence electrons. The third kappa shape index (κ3) is 6.63. The van der Waals surface area contributed by atoms with Crippen molar-refractivity contribution < 1.29 is 29.6 Å². The van der Waals surface area contributed by atoms with Crippen LogP contribution in [0.2, 0.25) is 0 Å². The highest BCUT2D eigenvalue weighted by molar-refractivity contribution is 5.77. The van der Waals surface area contributed by atoms with Crippen LogP contribution in [0.15, 0.2) is 12.1 Å². The molecular weight excluding hydrogens is 408 g/mol. The number of aliphatic carboxylic acids is 1. The summed E-state index contributed by atoms with van der Waals surface area (Å²) in [6.07, 6.45) is 14.6. The van der Waals surface area contributed by atoms with Gasteiger partial charge < -0.3 is 20.1 Å². The van der Waals surface area contributed by atoms with Gasteiger partial charge in [-0.1, -0.05) is 38.2 Å². The number of rotatable bonds is 17. The molecule has 0 unspecified atom stereocenters. The Labute approximate surface area is 191 Å². The fourth-order valence-corrected chi connectivity index (χ4v) is 4.75. The average molecular weight is 447 g/mol. The van der Waals surface area contributed by atoms with Gasteiger partial charge in [0.05, 0.1) is 5.41 Å². The van der Waals surface area contributed by atoms with Gasteiger partial charge in [-0.05, 0) is 82.3 Å². The highest BCUT2D eigenvalue weighted by Gasteiger charge is 2.49. The number of aromatic hydroxyl groups is 2. The molecule has 2 saturated carbocycles. The zero-order valence-electron chi connectivity index (χ0n) is 19.1. The minimum Gasteiger partial charge on any atom is -0.508 e. The Morgan fingerprint density at radius 1 is 0.875 bits per heavy atom. The van der Waals surface area contributed by atoms with E-state index in [2.05, 4.69) is 0 Å². The molecule has 3 rings (SSSR count). The van der Waals surface area contributed by atoms with Crippen molar-refractivity contribution in [3.63, 3.8) is 0 Å². The summed E-state index contributed by atoms with van der Waals surface area (Å²) >= 11 is 0. The Morgan fingerprint density at radius 2 is 1.50 bits per heavy atom. The zero-order chi connectivity index (χ0) is 23.0. The zero-order valence-corrected chi connectivity index (χ0v) is 19.1. The number of carbonyl (C=O) groups is 2. The molecule has 1 aromatic carbocycles. The monoisotopic (exact) mass is 446 g/mol. The molecule has 2 fully saturated rings. The van der Waals surface area contributed by atoms with Crippen molar-refractivity contribution in [3.05, 3.63) is 23.3 Å². The molecule has 0 heterocycles.